The molecule has 112 valence electrons. The zero-order chi connectivity index (χ0) is 14.0. The maximum Gasteiger partial charge on any atom is 0.165 e. The minimum Gasteiger partial charge on any atom is -0.491 e. The highest BCUT2D eigenvalue weighted by molar-refractivity contribution is 5.23. The first kappa shape index (κ1) is 15.3. The second kappa shape index (κ2) is 8.96. The summed E-state index contributed by atoms with van der Waals surface area (Å²) in [7, 11) is 0. The SMILES string of the molecule is Fc1ccccc1OCCCCCC[NH+]1CCCCC1. The average Bonchev–Trinajstić information content (AvgIpc) is 2.49. The first-order valence-corrected chi connectivity index (χ1v) is 8.07. The van der Waals surface area contributed by atoms with E-state index in [2.05, 4.69) is 0 Å². The normalized spacial score (nSPS) is 16.2. The van der Waals surface area contributed by atoms with Crippen molar-refractivity contribution in [2.45, 2.75) is 44.9 Å². The van der Waals surface area contributed by atoms with Crippen molar-refractivity contribution in [1.29, 1.82) is 0 Å². The Balaban J connectivity index is 1.46. The van der Waals surface area contributed by atoms with Gasteiger partial charge in [0, 0.05) is 0 Å². The molecule has 0 spiro atoms. The van der Waals surface area contributed by atoms with Gasteiger partial charge in [0.25, 0.3) is 0 Å². The first-order valence-electron chi connectivity index (χ1n) is 8.07. The van der Waals surface area contributed by atoms with Crippen molar-refractivity contribution in [3.8, 4) is 5.75 Å². The number of hydrogen-bond donors (Lipinski definition) is 1. The van der Waals surface area contributed by atoms with Gasteiger partial charge in [-0.1, -0.05) is 12.1 Å². The maximum absolute atomic E-state index is 13.3. The maximum atomic E-state index is 13.3. The van der Waals surface area contributed by atoms with E-state index < -0.39 is 0 Å². The Hall–Kier alpha value is -1.09. The van der Waals surface area contributed by atoms with E-state index in [1.165, 1.54) is 64.2 Å². The van der Waals surface area contributed by atoms with E-state index in [0.29, 0.717) is 12.4 Å². The van der Waals surface area contributed by atoms with E-state index >= 15 is 0 Å². The highest BCUT2D eigenvalue weighted by Crippen LogP contribution is 2.15. The van der Waals surface area contributed by atoms with Gasteiger partial charge in [0.05, 0.1) is 26.2 Å². The molecule has 3 heteroatoms. The van der Waals surface area contributed by atoms with Crippen molar-refractivity contribution in [3.05, 3.63) is 30.1 Å². The zero-order valence-electron chi connectivity index (χ0n) is 12.4. The monoisotopic (exact) mass is 280 g/mol. The standard InChI is InChI=1S/C17H26FNO/c18-16-10-4-5-11-17(16)20-15-9-2-1-6-12-19-13-7-3-8-14-19/h4-5,10-11H,1-3,6-9,12-15H2/p+1. The van der Waals surface area contributed by atoms with Crippen LogP contribution in [0.3, 0.4) is 0 Å². The highest BCUT2D eigenvalue weighted by atomic mass is 19.1. The molecule has 2 nitrogen and oxygen atoms in total. The third-order valence-electron chi connectivity index (χ3n) is 4.08. The Morgan fingerprint density at radius 1 is 0.950 bits per heavy atom. The predicted molar refractivity (Wildman–Crippen MR) is 79.8 cm³/mol. The van der Waals surface area contributed by atoms with Crippen LogP contribution in [0.15, 0.2) is 24.3 Å². The molecule has 0 atom stereocenters. The van der Waals surface area contributed by atoms with Crippen LogP contribution in [0.4, 0.5) is 4.39 Å². The number of nitrogens with one attached hydrogen (secondary N) is 1. The number of likely N-dealkylation sites (tertiary alicyclic amines) is 1. The molecule has 1 aliphatic heterocycles. The summed E-state index contributed by atoms with van der Waals surface area (Å²) < 4.78 is 18.8. The number of halogens is 1. The van der Waals surface area contributed by atoms with Gasteiger partial charge in [-0.3, -0.25) is 0 Å². The molecule has 1 heterocycles. The number of ether oxygens (including phenoxy) is 1. The van der Waals surface area contributed by atoms with Crippen LogP contribution < -0.4 is 9.64 Å². The van der Waals surface area contributed by atoms with Crippen LogP contribution in [0.25, 0.3) is 0 Å². The number of para-hydroxylation sites is 1. The molecule has 1 aliphatic rings. The lowest BCUT2D eigenvalue weighted by atomic mass is 10.1. The molecule has 1 saturated heterocycles. The molecule has 0 aromatic heterocycles. The number of rotatable bonds is 8. The smallest absolute Gasteiger partial charge is 0.165 e. The van der Waals surface area contributed by atoms with Gasteiger partial charge in [-0.15, -0.1) is 0 Å². The Labute approximate surface area is 121 Å². The Morgan fingerprint density at radius 2 is 1.70 bits per heavy atom. The van der Waals surface area contributed by atoms with Crippen LogP contribution in [0.2, 0.25) is 0 Å². The average molecular weight is 280 g/mol. The number of benzene rings is 1. The molecule has 0 amide bonds. The highest BCUT2D eigenvalue weighted by Gasteiger charge is 2.12. The summed E-state index contributed by atoms with van der Waals surface area (Å²) in [4.78, 5) is 1.79. The van der Waals surface area contributed by atoms with Crippen LogP contribution in [-0.4, -0.2) is 26.2 Å². The second-order valence-electron chi connectivity index (χ2n) is 5.75. The van der Waals surface area contributed by atoms with Gasteiger partial charge < -0.3 is 9.64 Å². The van der Waals surface area contributed by atoms with Crippen molar-refractivity contribution in [1.82, 2.24) is 0 Å². The number of quaternary nitrogens is 1. The first-order chi connectivity index (χ1) is 9.86. The minimum atomic E-state index is -0.263. The van der Waals surface area contributed by atoms with Crippen LogP contribution in [0.5, 0.6) is 5.75 Å². The minimum absolute atomic E-state index is 0.263. The third kappa shape index (κ3) is 5.49. The van der Waals surface area contributed by atoms with E-state index in [0.717, 1.165) is 6.42 Å². The fourth-order valence-corrected chi connectivity index (χ4v) is 2.88. The molecule has 0 aliphatic carbocycles. The van der Waals surface area contributed by atoms with Gasteiger partial charge in [-0.05, 0) is 57.1 Å². The van der Waals surface area contributed by atoms with Gasteiger partial charge in [-0.25, -0.2) is 4.39 Å². The Bertz CT molecular complexity index is 377. The Kier molecular flexibility index (Phi) is 6.85. The van der Waals surface area contributed by atoms with Crippen LogP contribution in [0, 0.1) is 5.82 Å². The second-order valence-corrected chi connectivity index (χ2v) is 5.75. The van der Waals surface area contributed by atoms with Crippen LogP contribution >= 0.6 is 0 Å². The number of unbranched alkanes of at least 4 members (excludes halogenated alkanes) is 3. The van der Waals surface area contributed by atoms with Gasteiger partial charge in [0.15, 0.2) is 11.6 Å². The summed E-state index contributed by atoms with van der Waals surface area (Å²) in [6, 6.07) is 6.62. The van der Waals surface area contributed by atoms with E-state index in [-0.39, 0.29) is 5.82 Å². The lowest BCUT2D eigenvalue weighted by molar-refractivity contribution is -0.905. The summed E-state index contributed by atoms with van der Waals surface area (Å²) in [5.41, 5.74) is 0. The van der Waals surface area contributed by atoms with Crippen LogP contribution in [0.1, 0.15) is 44.9 Å². The zero-order valence-corrected chi connectivity index (χ0v) is 12.4. The van der Waals surface area contributed by atoms with Crippen molar-refractivity contribution >= 4 is 0 Å². The predicted octanol–water partition coefficient (Wildman–Crippen LogP) is 2.83. The molecule has 0 saturated carbocycles. The molecule has 1 fully saturated rings. The molecular formula is C17H27FNO+. The molecule has 20 heavy (non-hydrogen) atoms. The van der Waals surface area contributed by atoms with Crippen molar-refractivity contribution < 1.29 is 14.0 Å². The third-order valence-corrected chi connectivity index (χ3v) is 4.08. The number of hydrogen-bond acceptors (Lipinski definition) is 1. The largest absolute Gasteiger partial charge is 0.491 e. The van der Waals surface area contributed by atoms with Gasteiger partial charge in [-0.2, -0.15) is 0 Å². The topological polar surface area (TPSA) is 13.7 Å². The molecular weight excluding hydrogens is 253 g/mol. The van der Waals surface area contributed by atoms with E-state index in [9.17, 15) is 4.39 Å². The summed E-state index contributed by atoms with van der Waals surface area (Å²) >= 11 is 0. The van der Waals surface area contributed by atoms with Crippen molar-refractivity contribution in [2.24, 2.45) is 0 Å². The Morgan fingerprint density at radius 3 is 2.50 bits per heavy atom. The fourth-order valence-electron chi connectivity index (χ4n) is 2.88. The molecule has 1 aromatic carbocycles. The summed E-state index contributed by atoms with van der Waals surface area (Å²) in [5, 5.41) is 0. The summed E-state index contributed by atoms with van der Waals surface area (Å²) in [6.07, 6.45) is 9.03. The van der Waals surface area contributed by atoms with Gasteiger partial charge in [0.1, 0.15) is 0 Å². The molecule has 0 radical (unpaired) electrons. The molecule has 2 rings (SSSR count). The fraction of sp³-hybridized carbons (Fsp3) is 0.647. The van der Waals surface area contributed by atoms with Gasteiger partial charge in [0.2, 0.25) is 0 Å². The lowest BCUT2D eigenvalue weighted by Gasteiger charge is -2.23. The van der Waals surface area contributed by atoms with Crippen molar-refractivity contribution in [2.75, 3.05) is 26.2 Å². The summed E-state index contributed by atoms with van der Waals surface area (Å²) in [5.74, 6) is 0.117. The molecule has 1 N–H and O–H groups in total. The van der Waals surface area contributed by atoms with E-state index in [1.807, 2.05) is 0 Å². The molecule has 1 aromatic rings. The van der Waals surface area contributed by atoms with E-state index in [4.69, 9.17) is 4.74 Å². The molecule has 0 bridgehead atoms. The van der Waals surface area contributed by atoms with Crippen LogP contribution in [-0.2, 0) is 0 Å². The summed E-state index contributed by atoms with van der Waals surface area (Å²) in [6.45, 7) is 4.69. The molecule has 0 unspecified atom stereocenters. The van der Waals surface area contributed by atoms with E-state index in [1.54, 1.807) is 23.1 Å². The lowest BCUT2D eigenvalue weighted by Crippen LogP contribution is -3.12. The van der Waals surface area contributed by atoms with Gasteiger partial charge >= 0.3 is 0 Å². The number of piperidine rings is 1. The van der Waals surface area contributed by atoms with Crippen molar-refractivity contribution in [3.63, 3.8) is 0 Å². The quantitative estimate of drug-likeness (QED) is 0.723.